The number of hydrogen-bond acceptors (Lipinski definition) is 5. The molecule has 2 fully saturated rings. The van der Waals surface area contributed by atoms with Crippen LogP contribution in [0.2, 0.25) is 0 Å². The molecule has 3 atom stereocenters. The lowest BCUT2D eigenvalue weighted by Gasteiger charge is -2.39. The van der Waals surface area contributed by atoms with Crippen molar-refractivity contribution in [3.05, 3.63) is 0 Å². The van der Waals surface area contributed by atoms with Crippen LogP contribution in [0.4, 0.5) is 0 Å². The van der Waals surface area contributed by atoms with Gasteiger partial charge in [0.15, 0.2) is 5.54 Å². The zero-order valence-corrected chi connectivity index (χ0v) is 12.0. The van der Waals surface area contributed by atoms with Gasteiger partial charge in [-0.15, -0.1) is 0 Å². The number of aliphatic hydroxyl groups is 1. The smallest absolute Gasteiger partial charge is 0.337 e. The van der Waals surface area contributed by atoms with Gasteiger partial charge in [0.25, 0.3) is 0 Å². The summed E-state index contributed by atoms with van der Waals surface area (Å²) in [6.45, 7) is 7.21. The molecule has 108 valence electrons. The number of hydrogen-bond donors (Lipinski definition) is 1. The van der Waals surface area contributed by atoms with Crippen molar-refractivity contribution in [3.8, 4) is 0 Å². The van der Waals surface area contributed by atoms with Crippen LogP contribution in [0.1, 0.15) is 34.1 Å². The van der Waals surface area contributed by atoms with Crippen molar-refractivity contribution in [1.82, 2.24) is 4.90 Å². The minimum atomic E-state index is -1.49. The molecule has 0 aromatic heterocycles. The maximum Gasteiger partial charge on any atom is 0.337 e. The van der Waals surface area contributed by atoms with E-state index in [0.29, 0.717) is 0 Å². The van der Waals surface area contributed by atoms with E-state index in [1.54, 1.807) is 0 Å². The molecule has 0 aliphatic carbocycles. The molecule has 2 aliphatic rings. The van der Waals surface area contributed by atoms with Crippen molar-refractivity contribution < 1.29 is 24.2 Å². The third-order valence-electron chi connectivity index (χ3n) is 4.01. The third-order valence-corrected chi connectivity index (χ3v) is 4.01. The van der Waals surface area contributed by atoms with E-state index in [2.05, 4.69) is 0 Å². The number of esters is 1. The van der Waals surface area contributed by atoms with Gasteiger partial charge in [-0.2, -0.15) is 0 Å². The van der Waals surface area contributed by atoms with Crippen LogP contribution in [-0.4, -0.2) is 53.0 Å². The SMILES string of the molecule is COC(=O)[C@]12CO[C@H](C(C)(C)C)N1C(=O)C[C@@]2(C)O. The molecule has 0 aromatic rings. The first-order valence-electron chi connectivity index (χ1n) is 6.32. The van der Waals surface area contributed by atoms with Gasteiger partial charge in [0, 0.05) is 5.41 Å². The van der Waals surface area contributed by atoms with Crippen LogP contribution < -0.4 is 0 Å². The van der Waals surface area contributed by atoms with Gasteiger partial charge in [0.2, 0.25) is 5.91 Å². The second-order valence-electron chi connectivity index (χ2n) is 6.60. The summed E-state index contributed by atoms with van der Waals surface area (Å²) in [6, 6.07) is 0. The molecule has 0 aromatic carbocycles. The lowest BCUT2D eigenvalue weighted by Crippen LogP contribution is -2.63. The summed E-state index contributed by atoms with van der Waals surface area (Å²) in [5.41, 5.74) is -3.28. The van der Waals surface area contributed by atoms with Crippen molar-refractivity contribution in [2.24, 2.45) is 5.41 Å². The number of ether oxygens (including phenoxy) is 2. The van der Waals surface area contributed by atoms with Crippen molar-refractivity contribution in [1.29, 1.82) is 0 Å². The molecule has 2 heterocycles. The van der Waals surface area contributed by atoms with E-state index in [1.165, 1.54) is 18.9 Å². The standard InChI is InChI=1S/C13H21NO5/c1-11(2,3)9-14-8(15)6-12(4,17)13(14,7-19-9)10(16)18-5/h9,17H,6-7H2,1-5H3/t9-,12-,13+/m1/s1. The minimum absolute atomic E-state index is 0.0413. The molecule has 0 saturated carbocycles. The second-order valence-corrected chi connectivity index (χ2v) is 6.60. The first kappa shape index (κ1) is 14.3. The topological polar surface area (TPSA) is 76.1 Å². The Kier molecular flexibility index (Phi) is 2.95. The van der Waals surface area contributed by atoms with Gasteiger partial charge in [-0.05, 0) is 6.92 Å². The van der Waals surface area contributed by atoms with Crippen LogP contribution in [0.3, 0.4) is 0 Å². The lowest BCUT2D eigenvalue weighted by atomic mass is 9.82. The number of rotatable bonds is 1. The van der Waals surface area contributed by atoms with Gasteiger partial charge in [0.1, 0.15) is 11.8 Å². The Morgan fingerprint density at radius 3 is 2.58 bits per heavy atom. The van der Waals surface area contributed by atoms with E-state index >= 15 is 0 Å². The summed E-state index contributed by atoms with van der Waals surface area (Å²) in [5, 5.41) is 10.5. The fourth-order valence-corrected chi connectivity index (χ4v) is 3.01. The molecular formula is C13H21NO5. The highest BCUT2D eigenvalue weighted by Crippen LogP contribution is 2.49. The number of amides is 1. The number of methoxy groups -OCH3 is 1. The summed E-state index contributed by atoms with van der Waals surface area (Å²) < 4.78 is 10.5. The van der Waals surface area contributed by atoms with Crippen LogP contribution in [-0.2, 0) is 19.1 Å². The molecule has 6 heteroatoms. The van der Waals surface area contributed by atoms with Crippen LogP contribution in [0.25, 0.3) is 0 Å². The van der Waals surface area contributed by atoms with Crippen molar-refractivity contribution >= 4 is 11.9 Å². The zero-order chi connectivity index (χ0) is 14.6. The summed E-state index contributed by atoms with van der Waals surface area (Å²) in [5.74, 6) is -0.914. The second kappa shape index (κ2) is 3.93. The maximum atomic E-state index is 12.2. The Morgan fingerprint density at radius 1 is 1.53 bits per heavy atom. The average molecular weight is 271 g/mol. The van der Waals surface area contributed by atoms with Gasteiger partial charge >= 0.3 is 5.97 Å². The van der Waals surface area contributed by atoms with E-state index in [9.17, 15) is 14.7 Å². The van der Waals surface area contributed by atoms with E-state index in [4.69, 9.17) is 9.47 Å². The first-order valence-corrected chi connectivity index (χ1v) is 6.32. The number of nitrogens with zero attached hydrogens (tertiary/aromatic N) is 1. The van der Waals surface area contributed by atoms with Gasteiger partial charge in [-0.1, -0.05) is 20.8 Å². The molecule has 2 saturated heterocycles. The van der Waals surface area contributed by atoms with E-state index in [-0.39, 0.29) is 24.3 Å². The fraction of sp³-hybridized carbons (Fsp3) is 0.846. The van der Waals surface area contributed by atoms with Crippen molar-refractivity contribution in [2.75, 3.05) is 13.7 Å². The van der Waals surface area contributed by atoms with Crippen LogP contribution in [0, 0.1) is 5.41 Å². The average Bonchev–Trinajstić information content (AvgIpc) is 2.75. The van der Waals surface area contributed by atoms with Gasteiger partial charge < -0.3 is 14.6 Å². The highest BCUT2D eigenvalue weighted by molar-refractivity contribution is 5.95. The quantitative estimate of drug-likeness (QED) is 0.693. The van der Waals surface area contributed by atoms with Crippen LogP contribution in [0.15, 0.2) is 0 Å². The van der Waals surface area contributed by atoms with Crippen molar-refractivity contribution in [3.63, 3.8) is 0 Å². The Bertz CT molecular complexity index is 425. The van der Waals surface area contributed by atoms with Crippen LogP contribution >= 0.6 is 0 Å². The molecule has 6 nitrogen and oxygen atoms in total. The summed E-state index contributed by atoms with van der Waals surface area (Å²) in [6.07, 6.45) is -0.647. The van der Waals surface area contributed by atoms with Crippen molar-refractivity contribution in [2.45, 2.75) is 51.5 Å². The molecule has 1 amide bonds. The Morgan fingerprint density at radius 2 is 2.11 bits per heavy atom. The predicted molar refractivity (Wildman–Crippen MR) is 66.0 cm³/mol. The minimum Gasteiger partial charge on any atom is -0.467 e. The van der Waals surface area contributed by atoms with E-state index in [1.807, 2.05) is 20.8 Å². The molecule has 2 aliphatic heterocycles. The first-order chi connectivity index (χ1) is 8.58. The molecule has 1 N–H and O–H groups in total. The molecular weight excluding hydrogens is 250 g/mol. The molecule has 0 spiro atoms. The molecule has 0 radical (unpaired) electrons. The molecule has 0 bridgehead atoms. The summed E-state index contributed by atoms with van der Waals surface area (Å²) in [7, 11) is 1.25. The Balaban J connectivity index is 2.53. The van der Waals surface area contributed by atoms with Gasteiger partial charge in [-0.3, -0.25) is 9.69 Å². The molecule has 19 heavy (non-hydrogen) atoms. The molecule has 0 unspecified atom stereocenters. The maximum absolute atomic E-state index is 12.2. The Hall–Kier alpha value is -1.14. The normalized spacial score (nSPS) is 38.5. The number of fused-ring (bicyclic) bond motifs is 1. The highest BCUT2D eigenvalue weighted by atomic mass is 16.6. The van der Waals surface area contributed by atoms with E-state index in [0.717, 1.165) is 0 Å². The number of carbonyl (C=O) groups excluding carboxylic acids is 2. The fourth-order valence-electron chi connectivity index (χ4n) is 3.01. The third kappa shape index (κ3) is 1.70. The highest BCUT2D eigenvalue weighted by Gasteiger charge is 2.71. The summed E-state index contributed by atoms with van der Waals surface area (Å²) >= 11 is 0. The van der Waals surface area contributed by atoms with Gasteiger partial charge in [-0.25, -0.2) is 4.79 Å². The zero-order valence-electron chi connectivity index (χ0n) is 12.0. The van der Waals surface area contributed by atoms with Gasteiger partial charge in [0.05, 0.1) is 20.1 Å². The van der Waals surface area contributed by atoms with Crippen LogP contribution in [0.5, 0.6) is 0 Å². The molecule has 2 rings (SSSR count). The largest absolute Gasteiger partial charge is 0.467 e. The lowest BCUT2D eigenvalue weighted by molar-refractivity contribution is -0.166. The predicted octanol–water partition coefficient (Wildman–Crippen LogP) is 0.284. The monoisotopic (exact) mass is 271 g/mol. The summed E-state index contributed by atoms with van der Waals surface area (Å²) in [4.78, 5) is 25.8. The Labute approximate surface area is 112 Å². The van der Waals surface area contributed by atoms with E-state index < -0.39 is 23.3 Å². The number of carbonyl (C=O) groups is 2.